The van der Waals surface area contributed by atoms with Crippen LogP contribution in [0, 0.1) is 6.92 Å². The average Bonchev–Trinajstić information content (AvgIpc) is 2.38. The molecule has 1 aromatic rings. The largest absolute Gasteiger partial charge is 0.481 e. The molecule has 0 amide bonds. The predicted molar refractivity (Wildman–Crippen MR) is 57.0 cm³/mol. The van der Waals surface area contributed by atoms with Crippen molar-refractivity contribution in [1.82, 2.24) is 15.1 Å². The minimum atomic E-state index is -0.871. The van der Waals surface area contributed by atoms with Crippen LogP contribution in [0.25, 0.3) is 0 Å². The van der Waals surface area contributed by atoms with Crippen molar-refractivity contribution in [3.63, 3.8) is 0 Å². The molecule has 0 saturated heterocycles. The van der Waals surface area contributed by atoms with Gasteiger partial charge in [0.2, 0.25) is 0 Å². The second-order valence-corrected chi connectivity index (χ2v) is 3.73. The van der Waals surface area contributed by atoms with E-state index in [9.17, 15) is 4.79 Å². The highest BCUT2D eigenvalue weighted by atomic mass is 35.5. The SMILES string of the molecule is CNC(CC(=O)O)c1c(Cl)c(C)nn1C. The van der Waals surface area contributed by atoms with E-state index in [4.69, 9.17) is 16.7 Å². The molecule has 1 unspecified atom stereocenters. The van der Waals surface area contributed by atoms with E-state index in [1.807, 2.05) is 0 Å². The van der Waals surface area contributed by atoms with E-state index in [1.165, 1.54) is 0 Å². The quantitative estimate of drug-likeness (QED) is 0.815. The van der Waals surface area contributed by atoms with Crippen LogP contribution in [0.15, 0.2) is 0 Å². The van der Waals surface area contributed by atoms with E-state index in [2.05, 4.69) is 10.4 Å². The number of rotatable bonds is 4. The molecule has 84 valence electrons. The zero-order valence-corrected chi connectivity index (χ0v) is 9.67. The van der Waals surface area contributed by atoms with E-state index in [1.54, 1.807) is 25.7 Å². The predicted octanol–water partition coefficient (Wildman–Crippen LogP) is 1.12. The van der Waals surface area contributed by atoms with Crippen LogP contribution in [0.4, 0.5) is 0 Å². The molecular formula is C9H14ClN3O2. The van der Waals surface area contributed by atoms with Gasteiger partial charge in [0.1, 0.15) is 0 Å². The summed E-state index contributed by atoms with van der Waals surface area (Å²) in [6.45, 7) is 1.79. The lowest BCUT2D eigenvalue weighted by Crippen LogP contribution is -2.22. The summed E-state index contributed by atoms with van der Waals surface area (Å²) in [5.74, 6) is -0.871. The highest BCUT2D eigenvalue weighted by molar-refractivity contribution is 6.31. The van der Waals surface area contributed by atoms with Crippen LogP contribution in [-0.2, 0) is 11.8 Å². The highest BCUT2D eigenvalue weighted by Crippen LogP contribution is 2.27. The summed E-state index contributed by atoms with van der Waals surface area (Å²) in [6, 6.07) is -0.318. The van der Waals surface area contributed by atoms with Gasteiger partial charge >= 0.3 is 5.97 Å². The number of carboxylic acid groups (broad SMARTS) is 1. The van der Waals surface area contributed by atoms with Crippen LogP contribution in [0.5, 0.6) is 0 Å². The number of hydrogen-bond donors (Lipinski definition) is 2. The minimum absolute atomic E-state index is 0.0187. The standard InChI is InChI=1S/C9H14ClN3O2/c1-5-8(10)9(13(3)12-5)6(11-2)4-7(14)15/h6,11H,4H2,1-3H3,(H,14,15). The first-order chi connectivity index (χ1) is 6.97. The van der Waals surface area contributed by atoms with Gasteiger partial charge in [-0.1, -0.05) is 11.6 Å². The molecule has 15 heavy (non-hydrogen) atoms. The number of aryl methyl sites for hydroxylation is 2. The lowest BCUT2D eigenvalue weighted by molar-refractivity contribution is -0.137. The molecule has 2 N–H and O–H groups in total. The number of hydrogen-bond acceptors (Lipinski definition) is 3. The van der Waals surface area contributed by atoms with Gasteiger partial charge in [-0.05, 0) is 14.0 Å². The van der Waals surface area contributed by atoms with Gasteiger partial charge in [-0.15, -0.1) is 0 Å². The number of carbonyl (C=O) groups is 1. The summed E-state index contributed by atoms with van der Waals surface area (Å²) in [5.41, 5.74) is 1.42. The maximum Gasteiger partial charge on any atom is 0.305 e. The molecule has 1 rings (SSSR count). The fourth-order valence-corrected chi connectivity index (χ4v) is 1.83. The van der Waals surface area contributed by atoms with E-state index in [-0.39, 0.29) is 12.5 Å². The van der Waals surface area contributed by atoms with Crippen molar-refractivity contribution >= 4 is 17.6 Å². The van der Waals surface area contributed by atoms with Gasteiger partial charge in [-0.3, -0.25) is 9.48 Å². The van der Waals surface area contributed by atoms with Crippen LogP contribution < -0.4 is 5.32 Å². The summed E-state index contributed by atoms with van der Waals surface area (Å²) >= 11 is 6.05. The van der Waals surface area contributed by atoms with Gasteiger partial charge in [-0.2, -0.15) is 5.10 Å². The number of nitrogens with one attached hydrogen (secondary N) is 1. The Hall–Kier alpha value is -1.07. The Morgan fingerprint density at radius 3 is 2.67 bits per heavy atom. The van der Waals surface area contributed by atoms with Crippen LogP contribution in [0.2, 0.25) is 5.02 Å². The smallest absolute Gasteiger partial charge is 0.305 e. The molecule has 0 radical (unpaired) electrons. The molecule has 0 fully saturated rings. The first-order valence-corrected chi connectivity index (χ1v) is 4.93. The molecule has 0 spiro atoms. The number of nitrogens with zero attached hydrogens (tertiary/aromatic N) is 2. The number of aromatic nitrogens is 2. The Kier molecular flexibility index (Phi) is 3.71. The van der Waals surface area contributed by atoms with Crippen molar-refractivity contribution in [2.45, 2.75) is 19.4 Å². The molecule has 0 aromatic carbocycles. The Bertz CT molecular complexity index is 376. The maximum atomic E-state index is 10.7. The summed E-state index contributed by atoms with van der Waals surface area (Å²) in [5, 5.41) is 16.3. The van der Waals surface area contributed by atoms with Crippen molar-refractivity contribution in [1.29, 1.82) is 0 Å². The second kappa shape index (κ2) is 4.63. The lowest BCUT2D eigenvalue weighted by Gasteiger charge is -2.14. The molecular weight excluding hydrogens is 218 g/mol. The van der Waals surface area contributed by atoms with E-state index in [0.29, 0.717) is 16.4 Å². The van der Waals surface area contributed by atoms with Gasteiger partial charge < -0.3 is 10.4 Å². The third kappa shape index (κ3) is 2.49. The van der Waals surface area contributed by atoms with Gasteiger partial charge in [0, 0.05) is 7.05 Å². The average molecular weight is 232 g/mol. The third-order valence-electron chi connectivity index (χ3n) is 2.25. The number of aliphatic carboxylic acids is 1. The molecule has 0 aliphatic rings. The monoisotopic (exact) mass is 231 g/mol. The topological polar surface area (TPSA) is 67.2 Å². The normalized spacial score (nSPS) is 12.8. The molecule has 5 nitrogen and oxygen atoms in total. The summed E-state index contributed by atoms with van der Waals surface area (Å²) in [4.78, 5) is 10.7. The number of carboxylic acids is 1. The van der Waals surface area contributed by atoms with Gasteiger partial charge in [0.15, 0.2) is 0 Å². The zero-order chi connectivity index (χ0) is 11.6. The molecule has 0 saturated carbocycles. The third-order valence-corrected chi connectivity index (χ3v) is 2.72. The van der Waals surface area contributed by atoms with Crippen molar-refractivity contribution in [2.24, 2.45) is 7.05 Å². The number of halogens is 1. The van der Waals surface area contributed by atoms with Crippen molar-refractivity contribution in [3.05, 3.63) is 16.4 Å². The fraction of sp³-hybridized carbons (Fsp3) is 0.556. The summed E-state index contributed by atoms with van der Waals surface area (Å²) in [7, 11) is 3.45. The zero-order valence-electron chi connectivity index (χ0n) is 8.91. The minimum Gasteiger partial charge on any atom is -0.481 e. The van der Waals surface area contributed by atoms with Crippen LogP contribution in [0.3, 0.4) is 0 Å². The van der Waals surface area contributed by atoms with Crippen LogP contribution >= 0.6 is 11.6 Å². The van der Waals surface area contributed by atoms with Crippen LogP contribution in [0.1, 0.15) is 23.9 Å². The van der Waals surface area contributed by atoms with Crippen molar-refractivity contribution in [3.8, 4) is 0 Å². The Morgan fingerprint density at radius 1 is 1.73 bits per heavy atom. The van der Waals surface area contributed by atoms with Gasteiger partial charge in [0.25, 0.3) is 0 Å². The van der Waals surface area contributed by atoms with Crippen LogP contribution in [-0.4, -0.2) is 27.9 Å². The van der Waals surface area contributed by atoms with E-state index in [0.717, 1.165) is 0 Å². The Morgan fingerprint density at radius 2 is 2.33 bits per heavy atom. The van der Waals surface area contributed by atoms with Crippen molar-refractivity contribution < 1.29 is 9.90 Å². The molecule has 0 aliphatic carbocycles. The molecule has 1 atom stereocenters. The molecule has 1 aromatic heterocycles. The Labute approximate surface area is 93.0 Å². The molecule has 6 heteroatoms. The fourth-order valence-electron chi connectivity index (χ4n) is 1.54. The summed E-state index contributed by atoms with van der Waals surface area (Å²) < 4.78 is 1.61. The van der Waals surface area contributed by atoms with E-state index >= 15 is 0 Å². The maximum absolute atomic E-state index is 10.7. The highest BCUT2D eigenvalue weighted by Gasteiger charge is 2.22. The molecule has 1 heterocycles. The first kappa shape index (κ1) is 12.0. The second-order valence-electron chi connectivity index (χ2n) is 3.35. The lowest BCUT2D eigenvalue weighted by atomic mass is 10.1. The van der Waals surface area contributed by atoms with Crippen molar-refractivity contribution in [2.75, 3.05) is 7.05 Å². The van der Waals surface area contributed by atoms with E-state index < -0.39 is 5.97 Å². The molecule has 0 bridgehead atoms. The van der Waals surface area contributed by atoms with Gasteiger partial charge in [0.05, 0.1) is 28.9 Å². The first-order valence-electron chi connectivity index (χ1n) is 4.55. The summed E-state index contributed by atoms with van der Waals surface area (Å²) in [6.07, 6.45) is -0.0187. The Balaban J connectivity index is 3.06. The molecule has 0 aliphatic heterocycles. The van der Waals surface area contributed by atoms with Gasteiger partial charge in [-0.25, -0.2) is 0 Å².